The maximum Gasteiger partial charge on any atom is 0.280 e. The SMILES string of the molecule is CC(Oc1ccccc1)C(=O)N/N=C1\CCOc2ccccc21. The van der Waals surface area contributed by atoms with Gasteiger partial charge in [0.1, 0.15) is 11.5 Å². The molecule has 3 rings (SSSR count). The van der Waals surface area contributed by atoms with E-state index in [9.17, 15) is 4.79 Å². The van der Waals surface area contributed by atoms with E-state index < -0.39 is 6.10 Å². The summed E-state index contributed by atoms with van der Waals surface area (Å²) in [5.74, 6) is 1.16. The Bertz CT molecular complexity index is 713. The van der Waals surface area contributed by atoms with Crippen molar-refractivity contribution in [2.75, 3.05) is 6.61 Å². The van der Waals surface area contributed by atoms with Gasteiger partial charge in [-0.1, -0.05) is 30.3 Å². The van der Waals surface area contributed by atoms with Crippen molar-refractivity contribution in [1.29, 1.82) is 0 Å². The summed E-state index contributed by atoms with van der Waals surface area (Å²) in [6, 6.07) is 16.9. The fourth-order valence-corrected chi connectivity index (χ4v) is 2.31. The van der Waals surface area contributed by atoms with Crippen molar-refractivity contribution >= 4 is 11.6 Å². The molecule has 0 aromatic heterocycles. The van der Waals surface area contributed by atoms with E-state index in [1.807, 2.05) is 54.6 Å². The first-order valence-electron chi connectivity index (χ1n) is 7.54. The maximum absolute atomic E-state index is 12.1. The molecule has 1 unspecified atom stereocenters. The maximum atomic E-state index is 12.1. The number of nitrogens with one attached hydrogen (secondary N) is 1. The van der Waals surface area contributed by atoms with Crippen LogP contribution in [0.4, 0.5) is 0 Å². The third-order valence-corrected chi connectivity index (χ3v) is 3.52. The van der Waals surface area contributed by atoms with Crippen LogP contribution in [0.1, 0.15) is 18.9 Å². The lowest BCUT2D eigenvalue weighted by atomic mass is 10.0. The van der Waals surface area contributed by atoms with Gasteiger partial charge in [-0.2, -0.15) is 5.10 Å². The predicted molar refractivity (Wildman–Crippen MR) is 87.8 cm³/mol. The summed E-state index contributed by atoms with van der Waals surface area (Å²) in [4.78, 5) is 12.1. The monoisotopic (exact) mass is 310 g/mol. The Morgan fingerprint density at radius 2 is 1.91 bits per heavy atom. The second kappa shape index (κ2) is 6.96. The molecule has 2 aromatic rings. The molecule has 5 nitrogen and oxygen atoms in total. The molecule has 1 aliphatic heterocycles. The van der Waals surface area contributed by atoms with Crippen LogP contribution in [0.3, 0.4) is 0 Å². The summed E-state index contributed by atoms with van der Waals surface area (Å²) in [5.41, 5.74) is 4.31. The molecule has 118 valence electrons. The molecular weight excluding hydrogens is 292 g/mol. The number of carbonyl (C=O) groups is 1. The Balaban J connectivity index is 1.65. The molecule has 0 bridgehead atoms. The van der Waals surface area contributed by atoms with E-state index in [1.54, 1.807) is 6.92 Å². The highest BCUT2D eigenvalue weighted by atomic mass is 16.5. The summed E-state index contributed by atoms with van der Waals surface area (Å²) in [6.07, 6.45) is 0.0300. The third kappa shape index (κ3) is 3.69. The summed E-state index contributed by atoms with van der Waals surface area (Å²) < 4.78 is 11.1. The summed E-state index contributed by atoms with van der Waals surface area (Å²) in [5, 5.41) is 4.24. The molecule has 2 aromatic carbocycles. The van der Waals surface area contributed by atoms with E-state index >= 15 is 0 Å². The molecule has 0 saturated carbocycles. The number of hydrogen-bond donors (Lipinski definition) is 1. The molecule has 0 spiro atoms. The number of nitrogens with zero attached hydrogens (tertiary/aromatic N) is 1. The summed E-state index contributed by atoms with van der Waals surface area (Å²) >= 11 is 0. The average molecular weight is 310 g/mol. The predicted octanol–water partition coefficient (Wildman–Crippen LogP) is 2.76. The van der Waals surface area contributed by atoms with Crippen molar-refractivity contribution < 1.29 is 14.3 Å². The number of hydrazone groups is 1. The smallest absolute Gasteiger partial charge is 0.280 e. The molecule has 1 heterocycles. The molecule has 1 aliphatic rings. The molecule has 23 heavy (non-hydrogen) atoms. The zero-order valence-corrected chi connectivity index (χ0v) is 12.9. The Kier molecular flexibility index (Phi) is 4.57. The lowest BCUT2D eigenvalue weighted by Gasteiger charge is -2.19. The van der Waals surface area contributed by atoms with Gasteiger partial charge in [-0.3, -0.25) is 4.79 Å². The van der Waals surface area contributed by atoms with Crippen molar-refractivity contribution in [3.8, 4) is 11.5 Å². The minimum atomic E-state index is -0.628. The molecule has 1 atom stereocenters. The number of carbonyl (C=O) groups excluding carboxylic acids is 1. The fraction of sp³-hybridized carbons (Fsp3) is 0.222. The Hall–Kier alpha value is -2.82. The van der Waals surface area contributed by atoms with Gasteiger partial charge in [0.2, 0.25) is 0 Å². The minimum Gasteiger partial charge on any atom is -0.492 e. The van der Waals surface area contributed by atoms with Gasteiger partial charge in [-0.25, -0.2) is 5.43 Å². The van der Waals surface area contributed by atoms with Crippen LogP contribution in [0.25, 0.3) is 0 Å². The third-order valence-electron chi connectivity index (χ3n) is 3.52. The van der Waals surface area contributed by atoms with E-state index in [0.29, 0.717) is 18.8 Å². The normalized spacial score (nSPS) is 16.1. The van der Waals surface area contributed by atoms with Gasteiger partial charge in [0, 0.05) is 12.0 Å². The highest BCUT2D eigenvalue weighted by Gasteiger charge is 2.18. The molecule has 0 aliphatic carbocycles. The van der Waals surface area contributed by atoms with Gasteiger partial charge in [-0.05, 0) is 31.2 Å². The summed E-state index contributed by atoms with van der Waals surface area (Å²) in [7, 11) is 0. The molecule has 1 amide bonds. The van der Waals surface area contributed by atoms with Crippen LogP contribution in [0.2, 0.25) is 0 Å². The highest BCUT2D eigenvalue weighted by Crippen LogP contribution is 2.24. The number of benzene rings is 2. The molecule has 1 N–H and O–H groups in total. The van der Waals surface area contributed by atoms with Crippen LogP contribution in [-0.2, 0) is 4.79 Å². The van der Waals surface area contributed by atoms with Gasteiger partial charge in [0.25, 0.3) is 5.91 Å². The van der Waals surface area contributed by atoms with E-state index in [1.165, 1.54) is 0 Å². The average Bonchev–Trinajstić information content (AvgIpc) is 2.60. The van der Waals surface area contributed by atoms with Crippen molar-refractivity contribution in [2.45, 2.75) is 19.4 Å². The zero-order chi connectivity index (χ0) is 16.1. The van der Waals surface area contributed by atoms with Crippen molar-refractivity contribution in [3.63, 3.8) is 0 Å². The van der Waals surface area contributed by atoms with Crippen LogP contribution in [0, 0.1) is 0 Å². The minimum absolute atomic E-state index is 0.287. The van der Waals surface area contributed by atoms with Crippen LogP contribution in [0.15, 0.2) is 59.7 Å². The van der Waals surface area contributed by atoms with Crippen molar-refractivity contribution in [1.82, 2.24) is 5.43 Å². The first-order valence-corrected chi connectivity index (χ1v) is 7.54. The van der Waals surface area contributed by atoms with Crippen LogP contribution in [0.5, 0.6) is 11.5 Å². The van der Waals surface area contributed by atoms with E-state index in [0.717, 1.165) is 17.0 Å². The van der Waals surface area contributed by atoms with Crippen molar-refractivity contribution in [2.24, 2.45) is 5.10 Å². The van der Waals surface area contributed by atoms with E-state index in [4.69, 9.17) is 9.47 Å². The van der Waals surface area contributed by atoms with Crippen LogP contribution < -0.4 is 14.9 Å². The van der Waals surface area contributed by atoms with Gasteiger partial charge < -0.3 is 9.47 Å². The lowest BCUT2D eigenvalue weighted by Crippen LogP contribution is -2.34. The molecular formula is C18H18N2O3. The van der Waals surface area contributed by atoms with Crippen LogP contribution >= 0.6 is 0 Å². The van der Waals surface area contributed by atoms with Crippen molar-refractivity contribution in [3.05, 3.63) is 60.2 Å². The van der Waals surface area contributed by atoms with Gasteiger partial charge in [0.15, 0.2) is 6.10 Å². The topological polar surface area (TPSA) is 59.9 Å². The number of amides is 1. The molecule has 0 saturated heterocycles. The standard InChI is InChI=1S/C18H18N2O3/c1-13(23-14-7-3-2-4-8-14)18(21)20-19-16-11-12-22-17-10-6-5-9-15(16)17/h2-10,13H,11-12H2,1H3,(H,20,21)/b19-16+. The van der Waals surface area contributed by atoms with Crippen LogP contribution in [-0.4, -0.2) is 24.3 Å². The highest BCUT2D eigenvalue weighted by molar-refractivity contribution is 6.04. The lowest BCUT2D eigenvalue weighted by molar-refractivity contribution is -0.127. The number of rotatable bonds is 4. The first-order chi connectivity index (χ1) is 11.2. The quantitative estimate of drug-likeness (QED) is 0.883. The number of ether oxygens (including phenoxy) is 2. The van der Waals surface area contributed by atoms with E-state index in [2.05, 4.69) is 10.5 Å². The largest absolute Gasteiger partial charge is 0.492 e. The van der Waals surface area contributed by atoms with Gasteiger partial charge in [-0.15, -0.1) is 0 Å². The van der Waals surface area contributed by atoms with Gasteiger partial charge in [0.05, 0.1) is 12.3 Å². The number of para-hydroxylation sites is 2. The number of hydrogen-bond acceptors (Lipinski definition) is 4. The first kappa shape index (κ1) is 15.1. The van der Waals surface area contributed by atoms with E-state index in [-0.39, 0.29) is 5.91 Å². The second-order valence-corrected chi connectivity index (χ2v) is 5.20. The Morgan fingerprint density at radius 3 is 2.74 bits per heavy atom. The second-order valence-electron chi connectivity index (χ2n) is 5.20. The van der Waals surface area contributed by atoms with Gasteiger partial charge >= 0.3 is 0 Å². The number of fused-ring (bicyclic) bond motifs is 1. The zero-order valence-electron chi connectivity index (χ0n) is 12.9. The Morgan fingerprint density at radius 1 is 1.17 bits per heavy atom. The molecule has 5 heteroatoms. The fourth-order valence-electron chi connectivity index (χ4n) is 2.31. The molecule has 0 radical (unpaired) electrons. The molecule has 0 fully saturated rings. The Labute approximate surface area is 134 Å². The summed E-state index contributed by atoms with van der Waals surface area (Å²) in [6.45, 7) is 2.25.